The van der Waals surface area contributed by atoms with E-state index in [-0.39, 0.29) is 23.0 Å². The smallest absolute Gasteiger partial charge is 0.261 e. The summed E-state index contributed by atoms with van der Waals surface area (Å²) in [6, 6.07) is 12.4. The zero-order chi connectivity index (χ0) is 23.1. The Morgan fingerprint density at radius 2 is 1.69 bits per heavy atom. The van der Waals surface area contributed by atoms with Gasteiger partial charge < -0.3 is 15.0 Å². The SMILES string of the molecule is CC(C)Oc1ccc(Br)cc1C(=O)NC(=S)Nc1ccc(C(=O)N2CCCCCC2)cc1. The molecule has 0 radical (unpaired) electrons. The molecule has 0 aromatic heterocycles. The third-order valence-electron chi connectivity index (χ3n) is 5.06. The summed E-state index contributed by atoms with van der Waals surface area (Å²) in [5.74, 6) is 0.175. The predicted molar refractivity (Wildman–Crippen MR) is 134 cm³/mol. The molecule has 1 aliphatic rings. The van der Waals surface area contributed by atoms with Crippen LogP contribution in [0.2, 0.25) is 0 Å². The largest absolute Gasteiger partial charge is 0.490 e. The van der Waals surface area contributed by atoms with E-state index < -0.39 is 0 Å². The number of carbonyl (C=O) groups excluding carboxylic acids is 2. The van der Waals surface area contributed by atoms with Crippen molar-refractivity contribution in [3.05, 3.63) is 58.1 Å². The van der Waals surface area contributed by atoms with Crippen LogP contribution < -0.4 is 15.4 Å². The number of amides is 2. The number of nitrogens with zero attached hydrogens (tertiary/aromatic N) is 1. The summed E-state index contributed by atoms with van der Waals surface area (Å²) < 4.78 is 6.50. The molecule has 2 aromatic rings. The Kier molecular flexibility index (Phi) is 8.64. The van der Waals surface area contributed by atoms with Gasteiger partial charge in [0.25, 0.3) is 11.8 Å². The van der Waals surface area contributed by atoms with Crippen LogP contribution >= 0.6 is 28.1 Å². The molecule has 8 heteroatoms. The molecule has 2 aromatic carbocycles. The first-order valence-electron chi connectivity index (χ1n) is 10.8. The topological polar surface area (TPSA) is 70.7 Å². The van der Waals surface area contributed by atoms with E-state index in [9.17, 15) is 9.59 Å². The van der Waals surface area contributed by atoms with Crippen molar-refractivity contribution in [1.29, 1.82) is 0 Å². The number of hydrogen-bond acceptors (Lipinski definition) is 4. The van der Waals surface area contributed by atoms with Crippen molar-refractivity contribution in [1.82, 2.24) is 10.2 Å². The van der Waals surface area contributed by atoms with E-state index in [0.717, 1.165) is 30.4 Å². The highest BCUT2D eigenvalue weighted by molar-refractivity contribution is 9.10. The molecule has 170 valence electrons. The normalized spacial score (nSPS) is 13.9. The van der Waals surface area contributed by atoms with Gasteiger partial charge in [-0.15, -0.1) is 0 Å². The first-order valence-corrected chi connectivity index (χ1v) is 12.0. The Bertz CT molecular complexity index is 971. The molecule has 0 spiro atoms. The summed E-state index contributed by atoms with van der Waals surface area (Å²) in [5.41, 5.74) is 1.73. The van der Waals surface area contributed by atoms with Crippen LogP contribution in [0, 0.1) is 0 Å². The van der Waals surface area contributed by atoms with Crippen LogP contribution in [-0.2, 0) is 0 Å². The molecular weight excluding hydrogens is 490 g/mol. The second-order valence-electron chi connectivity index (χ2n) is 8.00. The number of rotatable bonds is 5. The summed E-state index contributed by atoms with van der Waals surface area (Å²) in [4.78, 5) is 27.4. The molecule has 1 aliphatic heterocycles. The molecule has 1 fully saturated rings. The molecule has 0 unspecified atom stereocenters. The molecule has 0 atom stereocenters. The summed E-state index contributed by atoms with van der Waals surface area (Å²) in [6.07, 6.45) is 4.41. The molecule has 0 aliphatic carbocycles. The summed E-state index contributed by atoms with van der Waals surface area (Å²) in [5, 5.41) is 5.85. The van der Waals surface area contributed by atoms with Crippen LogP contribution in [0.1, 0.15) is 60.2 Å². The Morgan fingerprint density at radius 3 is 2.31 bits per heavy atom. The number of carbonyl (C=O) groups is 2. The van der Waals surface area contributed by atoms with Crippen molar-refractivity contribution in [2.75, 3.05) is 18.4 Å². The van der Waals surface area contributed by atoms with E-state index in [4.69, 9.17) is 17.0 Å². The van der Waals surface area contributed by atoms with Crippen molar-refractivity contribution in [3.8, 4) is 5.75 Å². The Balaban J connectivity index is 1.61. The van der Waals surface area contributed by atoms with Crippen molar-refractivity contribution in [2.45, 2.75) is 45.6 Å². The number of anilines is 1. The monoisotopic (exact) mass is 517 g/mol. The maximum atomic E-state index is 12.8. The zero-order valence-corrected chi connectivity index (χ0v) is 20.7. The molecular formula is C24H28BrN3O3S. The minimum atomic E-state index is -0.368. The predicted octanol–water partition coefficient (Wildman–Crippen LogP) is 5.38. The van der Waals surface area contributed by atoms with Crippen LogP contribution in [0.3, 0.4) is 0 Å². The second kappa shape index (κ2) is 11.4. The first-order chi connectivity index (χ1) is 15.3. The standard InChI is InChI=1S/C24H28BrN3O3S/c1-16(2)31-21-12-9-18(25)15-20(21)22(29)27-24(32)26-19-10-7-17(8-11-19)23(30)28-13-5-3-4-6-14-28/h7-12,15-16H,3-6,13-14H2,1-2H3,(H2,26,27,29,32). The maximum Gasteiger partial charge on any atom is 0.261 e. The number of thiocarbonyl (C=S) groups is 1. The lowest BCUT2D eigenvalue weighted by Gasteiger charge is -2.20. The maximum absolute atomic E-state index is 12.8. The average Bonchev–Trinajstić information content (AvgIpc) is 3.04. The second-order valence-corrected chi connectivity index (χ2v) is 9.32. The van der Waals surface area contributed by atoms with Crippen molar-refractivity contribution in [3.63, 3.8) is 0 Å². The minimum absolute atomic E-state index is 0.0571. The van der Waals surface area contributed by atoms with Crippen LogP contribution in [-0.4, -0.2) is 41.0 Å². The molecule has 1 heterocycles. The molecule has 6 nitrogen and oxygen atoms in total. The van der Waals surface area contributed by atoms with E-state index >= 15 is 0 Å². The van der Waals surface area contributed by atoms with Gasteiger partial charge in [0, 0.05) is 28.8 Å². The number of ether oxygens (including phenoxy) is 1. The van der Waals surface area contributed by atoms with Gasteiger partial charge in [-0.1, -0.05) is 28.8 Å². The van der Waals surface area contributed by atoms with Gasteiger partial charge in [0.1, 0.15) is 5.75 Å². The fourth-order valence-corrected chi connectivity index (χ4v) is 4.09. The minimum Gasteiger partial charge on any atom is -0.490 e. The summed E-state index contributed by atoms with van der Waals surface area (Å²) >= 11 is 8.69. The van der Waals surface area contributed by atoms with Crippen molar-refractivity contribution in [2.24, 2.45) is 0 Å². The third kappa shape index (κ3) is 6.77. The molecule has 2 N–H and O–H groups in total. The van der Waals surface area contributed by atoms with E-state index in [1.54, 1.807) is 36.4 Å². The molecule has 1 saturated heterocycles. The zero-order valence-electron chi connectivity index (χ0n) is 18.3. The summed E-state index contributed by atoms with van der Waals surface area (Å²) in [7, 11) is 0. The molecule has 32 heavy (non-hydrogen) atoms. The van der Waals surface area contributed by atoms with Gasteiger partial charge in [-0.2, -0.15) is 0 Å². The van der Waals surface area contributed by atoms with Gasteiger partial charge in [-0.05, 0) is 81.4 Å². The average molecular weight is 518 g/mol. The molecule has 0 bridgehead atoms. The van der Waals surface area contributed by atoms with Crippen LogP contribution in [0.5, 0.6) is 5.75 Å². The third-order valence-corrected chi connectivity index (χ3v) is 5.76. The fourth-order valence-electron chi connectivity index (χ4n) is 3.52. The lowest BCUT2D eigenvalue weighted by molar-refractivity contribution is 0.0761. The summed E-state index contributed by atoms with van der Waals surface area (Å²) in [6.45, 7) is 5.43. The van der Waals surface area contributed by atoms with Gasteiger partial charge in [-0.3, -0.25) is 14.9 Å². The van der Waals surface area contributed by atoms with Crippen LogP contribution in [0.25, 0.3) is 0 Å². The van der Waals surface area contributed by atoms with Gasteiger partial charge in [0.2, 0.25) is 0 Å². The number of benzene rings is 2. The van der Waals surface area contributed by atoms with Crippen molar-refractivity contribution < 1.29 is 14.3 Å². The molecule has 0 saturated carbocycles. The van der Waals surface area contributed by atoms with Crippen LogP contribution in [0.15, 0.2) is 46.9 Å². The van der Waals surface area contributed by atoms with Crippen molar-refractivity contribution >= 4 is 50.8 Å². The van der Waals surface area contributed by atoms with E-state index in [0.29, 0.717) is 22.6 Å². The van der Waals surface area contributed by atoms with Gasteiger partial charge in [-0.25, -0.2) is 0 Å². The Morgan fingerprint density at radius 1 is 1.03 bits per heavy atom. The first kappa shape index (κ1) is 24.2. The number of nitrogens with one attached hydrogen (secondary N) is 2. The van der Waals surface area contributed by atoms with Gasteiger partial charge >= 0.3 is 0 Å². The number of hydrogen-bond donors (Lipinski definition) is 2. The number of halogens is 1. The quantitative estimate of drug-likeness (QED) is 0.521. The van der Waals surface area contributed by atoms with E-state index in [2.05, 4.69) is 26.6 Å². The number of likely N-dealkylation sites (tertiary alicyclic amines) is 1. The highest BCUT2D eigenvalue weighted by atomic mass is 79.9. The Hall–Kier alpha value is -2.45. The Labute approximate surface area is 202 Å². The van der Waals surface area contributed by atoms with Gasteiger partial charge in [0.15, 0.2) is 5.11 Å². The van der Waals surface area contributed by atoms with Crippen LogP contribution in [0.4, 0.5) is 5.69 Å². The lowest BCUT2D eigenvalue weighted by Crippen LogP contribution is -2.34. The fraction of sp³-hybridized carbons (Fsp3) is 0.375. The highest BCUT2D eigenvalue weighted by Gasteiger charge is 2.18. The molecule has 2 amide bonds. The van der Waals surface area contributed by atoms with E-state index in [1.165, 1.54) is 12.8 Å². The van der Waals surface area contributed by atoms with Gasteiger partial charge in [0.05, 0.1) is 11.7 Å². The lowest BCUT2D eigenvalue weighted by atomic mass is 10.1. The van der Waals surface area contributed by atoms with E-state index in [1.807, 2.05) is 24.8 Å². The highest BCUT2D eigenvalue weighted by Crippen LogP contribution is 2.24. The molecule has 3 rings (SSSR count).